The summed E-state index contributed by atoms with van der Waals surface area (Å²) >= 11 is 2.04. The predicted molar refractivity (Wildman–Crippen MR) is 86.7 cm³/mol. The minimum Gasteiger partial charge on any atom is -0.465 e. The van der Waals surface area contributed by atoms with Crippen molar-refractivity contribution >= 4 is 17.7 Å². The van der Waals surface area contributed by atoms with E-state index in [2.05, 4.69) is 5.32 Å². The quantitative estimate of drug-likeness (QED) is 0.524. The third kappa shape index (κ3) is 5.80. The van der Waals surface area contributed by atoms with Crippen LogP contribution in [0.1, 0.15) is 52.4 Å². The third-order valence-corrected chi connectivity index (χ3v) is 5.64. The van der Waals surface area contributed by atoms with E-state index in [4.69, 9.17) is 9.47 Å². The molecule has 1 heterocycles. The molecule has 21 heavy (non-hydrogen) atoms. The first kappa shape index (κ1) is 17.1. The van der Waals surface area contributed by atoms with Gasteiger partial charge >= 0.3 is 5.97 Å². The van der Waals surface area contributed by atoms with E-state index in [1.807, 2.05) is 25.6 Å². The molecule has 0 aromatic heterocycles. The van der Waals surface area contributed by atoms with Crippen molar-refractivity contribution in [3.05, 3.63) is 0 Å². The van der Waals surface area contributed by atoms with Gasteiger partial charge in [0.05, 0.1) is 6.61 Å². The molecule has 2 fully saturated rings. The molecule has 5 heteroatoms. The molecule has 1 atom stereocenters. The first-order chi connectivity index (χ1) is 10.1. The molecule has 1 unspecified atom stereocenters. The van der Waals surface area contributed by atoms with Gasteiger partial charge in [0.1, 0.15) is 5.54 Å². The topological polar surface area (TPSA) is 47.6 Å². The van der Waals surface area contributed by atoms with Crippen LogP contribution in [-0.4, -0.2) is 48.4 Å². The van der Waals surface area contributed by atoms with Gasteiger partial charge in [-0.2, -0.15) is 11.8 Å². The maximum Gasteiger partial charge on any atom is 0.326 e. The van der Waals surface area contributed by atoms with Crippen LogP contribution in [0.4, 0.5) is 0 Å². The number of thioether (sulfide) groups is 1. The summed E-state index contributed by atoms with van der Waals surface area (Å²) in [5, 5.41) is 4.23. The van der Waals surface area contributed by atoms with E-state index in [-0.39, 0.29) is 5.97 Å². The van der Waals surface area contributed by atoms with Crippen molar-refractivity contribution in [2.75, 3.05) is 25.6 Å². The fourth-order valence-electron chi connectivity index (χ4n) is 2.72. The van der Waals surface area contributed by atoms with E-state index in [9.17, 15) is 4.79 Å². The Kier molecular flexibility index (Phi) is 6.83. The lowest BCUT2D eigenvalue weighted by Crippen LogP contribution is -2.51. The van der Waals surface area contributed by atoms with Crippen molar-refractivity contribution in [1.82, 2.24) is 5.32 Å². The van der Waals surface area contributed by atoms with Gasteiger partial charge in [0.15, 0.2) is 0 Å². The number of esters is 1. The Bertz CT molecular complexity index is 329. The van der Waals surface area contributed by atoms with Crippen molar-refractivity contribution in [3.63, 3.8) is 0 Å². The minimum absolute atomic E-state index is 0.0898. The summed E-state index contributed by atoms with van der Waals surface area (Å²) in [7, 11) is 0. The van der Waals surface area contributed by atoms with Gasteiger partial charge in [0.2, 0.25) is 0 Å². The van der Waals surface area contributed by atoms with Crippen LogP contribution < -0.4 is 5.32 Å². The lowest BCUT2D eigenvalue weighted by molar-refractivity contribution is -0.151. The molecule has 1 aliphatic heterocycles. The van der Waals surface area contributed by atoms with Gasteiger partial charge in [-0.15, -0.1) is 0 Å². The van der Waals surface area contributed by atoms with Crippen LogP contribution in [0.2, 0.25) is 0 Å². The van der Waals surface area contributed by atoms with E-state index < -0.39 is 5.54 Å². The Morgan fingerprint density at radius 2 is 2.05 bits per heavy atom. The van der Waals surface area contributed by atoms with Crippen LogP contribution >= 0.6 is 11.8 Å². The van der Waals surface area contributed by atoms with Crippen LogP contribution in [0.15, 0.2) is 0 Å². The van der Waals surface area contributed by atoms with Gasteiger partial charge in [0, 0.05) is 24.5 Å². The minimum atomic E-state index is -0.507. The Morgan fingerprint density at radius 3 is 2.67 bits per heavy atom. The lowest BCUT2D eigenvalue weighted by Gasteiger charge is -2.29. The average molecular weight is 315 g/mol. The molecular formula is C16H29NO3S. The first-order valence-electron chi connectivity index (χ1n) is 8.28. The van der Waals surface area contributed by atoms with Gasteiger partial charge < -0.3 is 9.47 Å². The summed E-state index contributed by atoms with van der Waals surface area (Å²) in [6.07, 6.45) is 6.62. The molecule has 1 saturated heterocycles. The number of carbonyl (C=O) groups excluding carboxylic acids is 1. The van der Waals surface area contributed by atoms with E-state index in [1.54, 1.807) is 0 Å². The van der Waals surface area contributed by atoms with Crippen molar-refractivity contribution in [2.45, 2.75) is 69.2 Å². The molecule has 0 aromatic rings. The fraction of sp³-hybridized carbons (Fsp3) is 0.938. The van der Waals surface area contributed by atoms with E-state index in [0.29, 0.717) is 12.6 Å². The molecule has 122 valence electrons. The normalized spacial score (nSPS) is 22.8. The zero-order valence-electron chi connectivity index (χ0n) is 13.4. The Morgan fingerprint density at radius 1 is 1.33 bits per heavy atom. The molecule has 0 spiro atoms. The van der Waals surface area contributed by atoms with Gasteiger partial charge in [0.25, 0.3) is 0 Å². The largest absolute Gasteiger partial charge is 0.465 e. The van der Waals surface area contributed by atoms with E-state index in [1.165, 1.54) is 25.7 Å². The monoisotopic (exact) mass is 315 g/mol. The first-order valence-corrected chi connectivity index (χ1v) is 9.33. The second-order valence-corrected chi connectivity index (χ2v) is 7.67. The lowest BCUT2D eigenvalue weighted by atomic mass is 9.96. The number of hydrogen-bond donors (Lipinski definition) is 1. The highest BCUT2D eigenvalue weighted by Crippen LogP contribution is 2.28. The van der Waals surface area contributed by atoms with Crippen LogP contribution in [0.5, 0.6) is 0 Å². The average Bonchev–Trinajstić information content (AvgIpc) is 3.29. The maximum atomic E-state index is 12.2. The molecule has 0 bridgehead atoms. The van der Waals surface area contributed by atoms with Gasteiger partial charge in [-0.3, -0.25) is 10.1 Å². The molecule has 1 N–H and O–H groups in total. The summed E-state index contributed by atoms with van der Waals surface area (Å²) in [5.74, 6) is 1.03. The highest BCUT2D eigenvalue weighted by Gasteiger charge is 2.39. The SMILES string of the molecule is CCOC(=O)C(C)(CCCSC1CCOCC1)NC1CC1. The molecule has 1 saturated carbocycles. The van der Waals surface area contributed by atoms with Gasteiger partial charge in [-0.1, -0.05) is 0 Å². The maximum absolute atomic E-state index is 12.2. The molecule has 4 nitrogen and oxygen atoms in total. The Balaban J connectivity index is 1.71. The number of carbonyl (C=O) groups is 1. The number of rotatable bonds is 9. The summed E-state index contributed by atoms with van der Waals surface area (Å²) < 4.78 is 10.6. The standard InChI is InChI=1S/C16H29NO3S/c1-3-20-15(18)16(2,17-13-5-6-13)9-4-12-21-14-7-10-19-11-8-14/h13-14,17H,3-12H2,1-2H3. The molecular weight excluding hydrogens is 286 g/mol. The Labute approximate surface area is 132 Å². The highest BCUT2D eigenvalue weighted by atomic mass is 32.2. The third-order valence-electron chi connectivity index (χ3n) is 4.17. The fourth-order valence-corrected chi connectivity index (χ4v) is 3.89. The summed E-state index contributed by atoms with van der Waals surface area (Å²) in [4.78, 5) is 12.2. The summed E-state index contributed by atoms with van der Waals surface area (Å²) in [6, 6.07) is 0.516. The molecule has 2 aliphatic rings. The smallest absolute Gasteiger partial charge is 0.326 e. The molecule has 0 amide bonds. The van der Waals surface area contributed by atoms with E-state index in [0.717, 1.165) is 37.1 Å². The zero-order chi connectivity index (χ0) is 15.1. The van der Waals surface area contributed by atoms with Gasteiger partial charge in [-0.05, 0) is 58.1 Å². The van der Waals surface area contributed by atoms with Crippen LogP contribution in [0.3, 0.4) is 0 Å². The highest BCUT2D eigenvalue weighted by molar-refractivity contribution is 7.99. The Hall–Kier alpha value is -0.260. The molecule has 1 aliphatic carbocycles. The van der Waals surface area contributed by atoms with Crippen molar-refractivity contribution in [1.29, 1.82) is 0 Å². The molecule has 0 aromatic carbocycles. The molecule has 2 rings (SSSR count). The predicted octanol–water partition coefficient (Wildman–Crippen LogP) is 2.75. The van der Waals surface area contributed by atoms with Crippen LogP contribution in [-0.2, 0) is 14.3 Å². The van der Waals surface area contributed by atoms with Crippen LogP contribution in [0.25, 0.3) is 0 Å². The van der Waals surface area contributed by atoms with Crippen molar-refractivity contribution in [2.24, 2.45) is 0 Å². The second kappa shape index (κ2) is 8.39. The van der Waals surface area contributed by atoms with Crippen LogP contribution in [0, 0.1) is 0 Å². The molecule has 0 radical (unpaired) electrons. The summed E-state index contributed by atoms with van der Waals surface area (Å²) in [6.45, 7) is 6.14. The second-order valence-electron chi connectivity index (χ2n) is 6.26. The van der Waals surface area contributed by atoms with Gasteiger partial charge in [-0.25, -0.2) is 0 Å². The summed E-state index contributed by atoms with van der Waals surface area (Å²) in [5.41, 5.74) is -0.507. The van der Waals surface area contributed by atoms with Crippen molar-refractivity contribution < 1.29 is 14.3 Å². The number of hydrogen-bond acceptors (Lipinski definition) is 5. The van der Waals surface area contributed by atoms with Crippen molar-refractivity contribution in [3.8, 4) is 0 Å². The number of ether oxygens (including phenoxy) is 2. The zero-order valence-corrected chi connectivity index (χ0v) is 14.2. The number of nitrogens with one attached hydrogen (secondary N) is 1. The van der Waals surface area contributed by atoms with E-state index >= 15 is 0 Å².